The number of morpholine rings is 1. The van der Waals surface area contributed by atoms with Gasteiger partial charge in [-0.05, 0) is 13.8 Å². The minimum atomic E-state index is -1.05. The molecule has 0 bridgehead atoms. The highest BCUT2D eigenvalue weighted by Gasteiger charge is 2.34. The van der Waals surface area contributed by atoms with Gasteiger partial charge < -0.3 is 20.5 Å². The fourth-order valence-electron chi connectivity index (χ4n) is 1.39. The third kappa shape index (κ3) is 2.90. The smallest absolute Gasteiger partial charge is 0.334 e. The zero-order valence-electron chi connectivity index (χ0n) is 8.90. The molecule has 0 aliphatic carbocycles. The summed E-state index contributed by atoms with van der Waals surface area (Å²) in [5.41, 5.74) is 4.68. The summed E-state index contributed by atoms with van der Waals surface area (Å²) >= 11 is 0. The van der Waals surface area contributed by atoms with E-state index in [1.54, 1.807) is 13.8 Å². The predicted molar refractivity (Wildman–Crippen MR) is 52.2 cm³/mol. The summed E-state index contributed by atoms with van der Waals surface area (Å²) in [5, 5.41) is 8.75. The summed E-state index contributed by atoms with van der Waals surface area (Å²) in [6, 6.07) is 0. The molecule has 0 aromatic heterocycles. The van der Waals surface area contributed by atoms with Gasteiger partial charge in [-0.15, -0.1) is 0 Å². The number of hydrogen-bond acceptors (Lipinski definition) is 4. The molecule has 0 radical (unpaired) electrons. The van der Waals surface area contributed by atoms with E-state index >= 15 is 0 Å². The van der Waals surface area contributed by atoms with Crippen LogP contribution in [-0.4, -0.2) is 53.2 Å². The molecule has 1 atom stereocenters. The van der Waals surface area contributed by atoms with Crippen LogP contribution in [-0.2, 0) is 14.3 Å². The van der Waals surface area contributed by atoms with Crippen LogP contribution in [0.5, 0.6) is 0 Å². The Morgan fingerprint density at radius 1 is 1.53 bits per heavy atom. The fourth-order valence-corrected chi connectivity index (χ4v) is 1.39. The molecule has 15 heavy (non-hydrogen) atoms. The zero-order chi connectivity index (χ0) is 11.6. The molecule has 1 aliphatic heterocycles. The second-order valence-electron chi connectivity index (χ2n) is 4.17. The average molecular weight is 216 g/mol. The molecule has 1 saturated heterocycles. The van der Waals surface area contributed by atoms with Crippen molar-refractivity contribution < 1.29 is 19.4 Å². The third-order valence-electron chi connectivity index (χ3n) is 2.18. The molecule has 0 aromatic rings. The highest BCUT2D eigenvalue weighted by Crippen LogP contribution is 2.10. The zero-order valence-corrected chi connectivity index (χ0v) is 8.90. The first kappa shape index (κ1) is 11.9. The Morgan fingerprint density at radius 3 is 2.60 bits per heavy atom. The van der Waals surface area contributed by atoms with Crippen LogP contribution in [0.25, 0.3) is 0 Å². The van der Waals surface area contributed by atoms with E-state index in [-0.39, 0.29) is 19.1 Å². The van der Waals surface area contributed by atoms with Crippen LogP contribution in [0.15, 0.2) is 0 Å². The maximum absolute atomic E-state index is 11.7. The number of rotatable bonds is 2. The van der Waals surface area contributed by atoms with E-state index in [4.69, 9.17) is 15.6 Å². The topological polar surface area (TPSA) is 92.9 Å². The van der Waals surface area contributed by atoms with E-state index in [2.05, 4.69) is 0 Å². The molecular weight excluding hydrogens is 200 g/mol. The second kappa shape index (κ2) is 4.16. The third-order valence-corrected chi connectivity index (χ3v) is 2.18. The van der Waals surface area contributed by atoms with Gasteiger partial charge >= 0.3 is 5.97 Å². The molecule has 1 heterocycles. The Morgan fingerprint density at radius 2 is 2.13 bits per heavy atom. The number of carboxylic acid groups (broad SMARTS) is 1. The minimum Gasteiger partial charge on any atom is -0.479 e. The van der Waals surface area contributed by atoms with Crippen LogP contribution < -0.4 is 5.73 Å². The lowest BCUT2D eigenvalue weighted by Gasteiger charge is -2.34. The number of aliphatic carboxylic acids is 1. The van der Waals surface area contributed by atoms with E-state index < -0.39 is 17.6 Å². The first-order valence-electron chi connectivity index (χ1n) is 4.75. The van der Waals surface area contributed by atoms with E-state index in [0.717, 1.165) is 0 Å². The molecule has 86 valence electrons. The Kier molecular flexibility index (Phi) is 3.31. The minimum absolute atomic E-state index is 0.0643. The first-order chi connectivity index (χ1) is 6.82. The van der Waals surface area contributed by atoms with Crippen molar-refractivity contribution in [2.75, 3.05) is 19.7 Å². The number of ether oxygens (including phenoxy) is 1. The van der Waals surface area contributed by atoms with Crippen molar-refractivity contribution in [2.45, 2.75) is 25.5 Å². The lowest BCUT2D eigenvalue weighted by atomic mass is 10.0. The van der Waals surface area contributed by atoms with Crippen molar-refractivity contribution in [3.05, 3.63) is 0 Å². The van der Waals surface area contributed by atoms with Gasteiger partial charge in [-0.3, -0.25) is 4.79 Å². The molecule has 0 aromatic carbocycles. The maximum atomic E-state index is 11.7. The van der Waals surface area contributed by atoms with Gasteiger partial charge in [-0.1, -0.05) is 0 Å². The predicted octanol–water partition coefficient (Wildman–Crippen LogP) is -0.964. The standard InChI is InChI=1S/C9H16N2O4/c1-9(2,10)8(14)11-3-4-15-6(5-11)7(12)13/h6H,3-5,10H2,1-2H3,(H,12,13). The first-order valence-corrected chi connectivity index (χ1v) is 4.75. The number of carbonyl (C=O) groups is 2. The summed E-state index contributed by atoms with van der Waals surface area (Å²) in [4.78, 5) is 23.9. The van der Waals surface area contributed by atoms with Gasteiger partial charge in [0.15, 0.2) is 6.10 Å². The molecule has 0 spiro atoms. The highest BCUT2D eigenvalue weighted by atomic mass is 16.5. The summed E-state index contributed by atoms with van der Waals surface area (Å²) in [6.07, 6.45) is -0.940. The van der Waals surface area contributed by atoms with Gasteiger partial charge in [0.2, 0.25) is 5.91 Å². The summed E-state index contributed by atoms with van der Waals surface area (Å²) in [6.45, 7) is 3.89. The van der Waals surface area contributed by atoms with Crippen LogP contribution in [0.1, 0.15) is 13.8 Å². The van der Waals surface area contributed by atoms with Crippen LogP contribution in [0.3, 0.4) is 0 Å². The molecular formula is C9H16N2O4. The van der Waals surface area contributed by atoms with Gasteiger partial charge in [0, 0.05) is 6.54 Å². The fraction of sp³-hybridized carbons (Fsp3) is 0.778. The Balaban J connectivity index is 2.64. The quantitative estimate of drug-likeness (QED) is 0.620. The molecule has 1 aliphatic rings. The molecule has 1 unspecified atom stereocenters. The molecule has 3 N–H and O–H groups in total. The van der Waals surface area contributed by atoms with Crippen molar-refractivity contribution in [3.63, 3.8) is 0 Å². The van der Waals surface area contributed by atoms with E-state index in [1.807, 2.05) is 0 Å². The second-order valence-corrected chi connectivity index (χ2v) is 4.17. The van der Waals surface area contributed by atoms with Gasteiger partial charge in [0.05, 0.1) is 18.7 Å². The van der Waals surface area contributed by atoms with Crippen LogP contribution in [0.2, 0.25) is 0 Å². The SMILES string of the molecule is CC(C)(N)C(=O)N1CCOC(C(=O)O)C1. The maximum Gasteiger partial charge on any atom is 0.334 e. The normalized spacial score (nSPS) is 22.6. The number of carbonyl (C=O) groups excluding carboxylic acids is 1. The highest BCUT2D eigenvalue weighted by molar-refractivity contribution is 5.86. The summed E-state index contributed by atoms with van der Waals surface area (Å²) < 4.78 is 5.00. The molecule has 1 rings (SSSR count). The molecule has 0 saturated carbocycles. The lowest BCUT2D eigenvalue weighted by molar-refractivity contribution is -0.160. The summed E-state index contributed by atoms with van der Waals surface area (Å²) in [5.74, 6) is -1.31. The Labute approximate surface area is 88.0 Å². The summed E-state index contributed by atoms with van der Waals surface area (Å²) in [7, 11) is 0. The van der Waals surface area contributed by atoms with Gasteiger partial charge in [0.1, 0.15) is 0 Å². The monoisotopic (exact) mass is 216 g/mol. The van der Waals surface area contributed by atoms with Gasteiger partial charge in [-0.2, -0.15) is 0 Å². The van der Waals surface area contributed by atoms with Crippen molar-refractivity contribution in [1.82, 2.24) is 4.90 Å². The number of nitrogens with two attached hydrogens (primary N) is 1. The Hall–Kier alpha value is -1.14. The number of carboxylic acids is 1. The molecule has 1 amide bonds. The Bertz CT molecular complexity index is 272. The average Bonchev–Trinajstić information content (AvgIpc) is 2.15. The van der Waals surface area contributed by atoms with Crippen molar-refractivity contribution in [2.24, 2.45) is 5.73 Å². The van der Waals surface area contributed by atoms with E-state index in [9.17, 15) is 9.59 Å². The van der Waals surface area contributed by atoms with Gasteiger partial charge in [0.25, 0.3) is 0 Å². The lowest BCUT2D eigenvalue weighted by Crippen LogP contribution is -2.57. The molecule has 6 heteroatoms. The van der Waals surface area contributed by atoms with Gasteiger partial charge in [-0.25, -0.2) is 4.79 Å². The van der Waals surface area contributed by atoms with Crippen LogP contribution in [0, 0.1) is 0 Å². The van der Waals surface area contributed by atoms with E-state index in [1.165, 1.54) is 4.90 Å². The van der Waals surface area contributed by atoms with E-state index in [0.29, 0.717) is 6.54 Å². The number of amides is 1. The van der Waals surface area contributed by atoms with Crippen molar-refractivity contribution in [1.29, 1.82) is 0 Å². The van der Waals surface area contributed by atoms with Crippen LogP contribution in [0.4, 0.5) is 0 Å². The molecule has 6 nitrogen and oxygen atoms in total. The molecule has 1 fully saturated rings. The number of nitrogens with zero attached hydrogens (tertiary/aromatic N) is 1. The van der Waals surface area contributed by atoms with Crippen LogP contribution >= 0.6 is 0 Å². The number of hydrogen-bond donors (Lipinski definition) is 2. The van der Waals surface area contributed by atoms with Crippen molar-refractivity contribution >= 4 is 11.9 Å². The van der Waals surface area contributed by atoms with Crippen molar-refractivity contribution in [3.8, 4) is 0 Å². The largest absolute Gasteiger partial charge is 0.479 e.